The predicted octanol–water partition coefficient (Wildman–Crippen LogP) is 0.262. The molecule has 1 aromatic rings. The van der Waals surface area contributed by atoms with Crippen molar-refractivity contribution < 1.29 is 4.39 Å². The van der Waals surface area contributed by atoms with Gasteiger partial charge in [-0.05, 0) is 0 Å². The zero-order chi connectivity index (χ0) is 7.56. The highest BCUT2D eigenvalue weighted by molar-refractivity contribution is 5.35. The van der Waals surface area contributed by atoms with Crippen LogP contribution in [0.4, 0.5) is 10.1 Å². The molecular formula is C6H8FN3. The van der Waals surface area contributed by atoms with Gasteiger partial charge in [-0.3, -0.25) is 4.98 Å². The Bertz CT molecular complexity index is 236. The van der Waals surface area contributed by atoms with Crippen LogP contribution in [0.15, 0.2) is 12.3 Å². The smallest absolute Gasteiger partial charge is 0.148 e. The Morgan fingerprint density at radius 3 is 2.80 bits per heavy atom. The van der Waals surface area contributed by atoms with Crippen LogP contribution in [0, 0.1) is 5.82 Å². The number of nitrogen functional groups attached to an aromatic ring is 1. The van der Waals surface area contributed by atoms with Crippen LogP contribution < -0.4 is 11.5 Å². The van der Waals surface area contributed by atoms with E-state index in [1.807, 2.05) is 0 Å². The third kappa shape index (κ3) is 1.22. The maximum Gasteiger partial charge on any atom is 0.148 e. The molecule has 0 aliphatic rings. The summed E-state index contributed by atoms with van der Waals surface area (Å²) in [5.74, 6) is -0.442. The third-order valence-electron chi connectivity index (χ3n) is 1.13. The van der Waals surface area contributed by atoms with E-state index in [2.05, 4.69) is 4.98 Å². The molecule has 0 fully saturated rings. The van der Waals surface area contributed by atoms with Gasteiger partial charge in [-0.2, -0.15) is 0 Å². The first kappa shape index (κ1) is 6.95. The lowest BCUT2D eigenvalue weighted by Crippen LogP contribution is -2.03. The molecule has 3 nitrogen and oxygen atoms in total. The molecule has 1 rings (SSSR count). The molecule has 1 aromatic heterocycles. The molecule has 1 heterocycles. The SMILES string of the molecule is NCc1ncc(N)cc1F. The number of nitrogens with two attached hydrogens (primary N) is 2. The molecule has 0 aliphatic carbocycles. The maximum absolute atomic E-state index is 12.6. The first-order chi connectivity index (χ1) is 4.74. The summed E-state index contributed by atoms with van der Waals surface area (Å²) in [7, 11) is 0. The van der Waals surface area contributed by atoms with Crippen molar-refractivity contribution in [2.45, 2.75) is 6.54 Å². The van der Waals surface area contributed by atoms with Crippen LogP contribution in [0.2, 0.25) is 0 Å². The fourth-order valence-electron chi connectivity index (χ4n) is 0.631. The average Bonchev–Trinajstić information content (AvgIpc) is 1.88. The van der Waals surface area contributed by atoms with Crippen molar-refractivity contribution in [1.82, 2.24) is 4.98 Å². The summed E-state index contributed by atoms with van der Waals surface area (Å²) >= 11 is 0. The Kier molecular flexibility index (Phi) is 1.82. The molecule has 0 saturated heterocycles. The molecule has 0 unspecified atom stereocenters. The quantitative estimate of drug-likeness (QED) is 0.589. The Labute approximate surface area is 57.9 Å². The number of hydrogen-bond donors (Lipinski definition) is 2. The van der Waals surface area contributed by atoms with E-state index in [1.54, 1.807) is 0 Å². The molecular weight excluding hydrogens is 133 g/mol. The number of hydrogen-bond acceptors (Lipinski definition) is 3. The molecule has 4 N–H and O–H groups in total. The molecule has 0 aliphatic heterocycles. The molecule has 10 heavy (non-hydrogen) atoms. The van der Waals surface area contributed by atoms with Crippen molar-refractivity contribution in [1.29, 1.82) is 0 Å². The topological polar surface area (TPSA) is 64.9 Å². The lowest BCUT2D eigenvalue weighted by Gasteiger charge is -1.97. The van der Waals surface area contributed by atoms with Gasteiger partial charge in [-0.1, -0.05) is 0 Å². The van der Waals surface area contributed by atoms with Crippen LogP contribution in [0.3, 0.4) is 0 Å². The highest BCUT2D eigenvalue weighted by Crippen LogP contribution is 2.06. The Hall–Kier alpha value is -1.16. The van der Waals surface area contributed by atoms with Gasteiger partial charge in [0.15, 0.2) is 0 Å². The van der Waals surface area contributed by atoms with Gasteiger partial charge < -0.3 is 11.5 Å². The van der Waals surface area contributed by atoms with Crippen LogP contribution in [0.1, 0.15) is 5.69 Å². The minimum atomic E-state index is -0.442. The van der Waals surface area contributed by atoms with Crippen LogP contribution in [-0.2, 0) is 6.54 Å². The summed E-state index contributed by atoms with van der Waals surface area (Å²) in [4.78, 5) is 3.67. The zero-order valence-electron chi connectivity index (χ0n) is 5.34. The molecule has 54 valence electrons. The summed E-state index contributed by atoms with van der Waals surface area (Å²) in [6.45, 7) is 0.103. The maximum atomic E-state index is 12.6. The van der Waals surface area contributed by atoms with E-state index in [4.69, 9.17) is 11.5 Å². The van der Waals surface area contributed by atoms with Gasteiger partial charge in [0.2, 0.25) is 0 Å². The average molecular weight is 141 g/mol. The number of halogens is 1. The second-order valence-electron chi connectivity index (χ2n) is 1.90. The Morgan fingerprint density at radius 2 is 2.30 bits per heavy atom. The predicted molar refractivity (Wildman–Crippen MR) is 36.5 cm³/mol. The first-order valence-electron chi connectivity index (χ1n) is 2.84. The van der Waals surface area contributed by atoms with Crippen molar-refractivity contribution >= 4 is 5.69 Å². The van der Waals surface area contributed by atoms with Crippen LogP contribution in [-0.4, -0.2) is 4.98 Å². The van der Waals surface area contributed by atoms with Crippen molar-refractivity contribution in [2.24, 2.45) is 5.73 Å². The number of rotatable bonds is 1. The lowest BCUT2D eigenvalue weighted by atomic mass is 10.3. The fourth-order valence-corrected chi connectivity index (χ4v) is 0.631. The molecule has 0 radical (unpaired) electrons. The molecule has 0 saturated carbocycles. The van der Waals surface area contributed by atoms with Gasteiger partial charge in [0.1, 0.15) is 5.82 Å². The van der Waals surface area contributed by atoms with Crippen LogP contribution in [0.5, 0.6) is 0 Å². The van der Waals surface area contributed by atoms with Gasteiger partial charge in [0.25, 0.3) is 0 Å². The van der Waals surface area contributed by atoms with Crippen molar-refractivity contribution in [3.05, 3.63) is 23.8 Å². The van der Waals surface area contributed by atoms with Gasteiger partial charge in [-0.15, -0.1) is 0 Å². The van der Waals surface area contributed by atoms with E-state index >= 15 is 0 Å². The Morgan fingerprint density at radius 1 is 1.60 bits per heavy atom. The standard InChI is InChI=1S/C6H8FN3/c7-5-1-4(9)3-10-6(5)2-8/h1,3H,2,8-9H2. The number of anilines is 1. The molecule has 0 spiro atoms. The van der Waals surface area contributed by atoms with E-state index in [1.165, 1.54) is 12.3 Å². The minimum absolute atomic E-state index is 0.103. The molecule has 4 heteroatoms. The Balaban J connectivity index is 3.07. The molecule has 0 atom stereocenters. The molecule has 0 amide bonds. The monoisotopic (exact) mass is 141 g/mol. The van der Waals surface area contributed by atoms with E-state index in [0.717, 1.165) is 0 Å². The summed E-state index contributed by atoms with van der Waals surface area (Å²) < 4.78 is 12.6. The van der Waals surface area contributed by atoms with Gasteiger partial charge in [0, 0.05) is 12.6 Å². The highest BCUT2D eigenvalue weighted by Gasteiger charge is 1.99. The van der Waals surface area contributed by atoms with Gasteiger partial charge in [0.05, 0.1) is 17.6 Å². The zero-order valence-corrected chi connectivity index (χ0v) is 5.34. The number of pyridine rings is 1. The van der Waals surface area contributed by atoms with E-state index in [-0.39, 0.29) is 12.2 Å². The van der Waals surface area contributed by atoms with E-state index in [9.17, 15) is 4.39 Å². The third-order valence-corrected chi connectivity index (χ3v) is 1.13. The van der Waals surface area contributed by atoms with E-state index in [0.29, 0.717) is 5.69 Å². The molecule has 0 bridgehead atoms. The van der Waals surface area contributed by atoms with Crippen LogP contribution >= 0.6 is 0 Å². The van der Waals surface area contributed by atoms with Gasteiger partial charge in [-0.25, -0.2) is 4.39 Å². The second kappa shape index (κ2) is 2.62. The highest BCUT2D eigenvalue weighted by atomic mass is 19.1. The summed E-state index contributed by atoms with van der Waals surface area (Å²) in [5.41, 5.74) is 11.0. The van der Waals surface area contributed by atoms with Crippen molar-refractivity contribution in [2.75, 3.05) is 5.73 Å². The molecule has 0 aromatic carbocycles. The second-order valence-corrected chi connectivity index (χ2v) is 1.90. The summed E-state index contributed by atoms with van der Waals surface area (Å²) in [6.07, 6.45) is 1.38. The number of aromatic nitrogens is 1. The summed E-state index contributed by atoms with van der Waals surface area (Å²) in [6, 6.07) is 1.20. The van der Waals surface area contributed by atoms with E-state index < -0.39 is 5.82 Å². The van der Waals surface area contributed by atoms with Crippen molar-refractivity contribution in [3.8, 4) is 0 Å². The first-order valence-corrected chi connectivity index (χ1v) is 2.84. The van der Waals surface area contributed by atoms with Crippen molar-refractivity contribution in [3.63, 3.8) is 0 Å². The summed E-state index contributed by atoms with van der Waals surface area (Å²) in [5, 5.41) is 0. The van der Waals surface area contributed by atoms with Gasteiger partial charge >= 0.3 is 0 Å². The number of nitrogens with zero attached hydrogens (tertiary/aromatic N) is 1. The minimum Gasteiger partial charge on any atom is -0.397 e. The van der Waals surface area contributed by atoms with Crippen LogP contribution in [0.25, 0.3) is 0 Å². The lowest BCUT2D eigenvalue weighted by molar-refractivity contribution is 0.601. The fraction of sp³-hybridized carbons (Fsp3) is 0.167. The largest absolute Gasteiger partial charge is 0.397 e. The normalized spacial score (nSPS) is 9.80.